The Bertz CT molecular complexity index is 1260. The second-order valence-electron chi connectivity index (χ2n) is 10.8. The second kappa shape index (κ2) is 12.4. The summed E-state index contributed by atoms with van der Waals surface area (Å²) >= 11 is 0. The molecule has 0 bridgehead atoms. The fraction of sp³-hybridized carbons (Fsp3) is 0.375. The third-order valence-corrected chi connectivity index (χ3v) is 7.38. The molecule has 1 fully saturated rings. The molecule has 0 aromatic heterocycles. The Hall–Kier alpha value is -3.71. The van der Waals surface area contributed by atoms with E-state index in [1.165, 1.54) is 11.6 Å². The van der Waals surface area contributed by atoms with Gasteiger partial charge in [-0.05, 0) is 82.5 Å². The number of piperidine rings is 1. The zero-order valence-electron chi connectivity index (χ0n) is 23.2. The minimum absolute atomic E-state index is 0.0278. The van der Waals surface area contributed by atoms with E-state index < -0.39 is 11.8 Å². The number of nitrogens with zero attached hydrogens (tertiary/aromatic N) is 3. The summed E-state index contributed by atoms with van der Waals surface area (Å²) < 4.78 is 15.6. The van der Waals surface area contributed by atoms with Gasteiger partial charge in [-0.3, -0.25) is 9.69 Å². The predicted octanol–water partition coefficient (Wildman–Crippen LogP) is 6.59. The van der Waals surface area contributed by atoms with E-state index in [1.54, 1.807) is 24.3 Å². The SMILES string of the molecule is CC(C)N(C(=O)c1ccc(N(c2cccc(C(=O)O)c2F)C2CCN(Cc3ccccc3)CC2)cc1)C(C)C. The molecule has 1 heterocycles. The van der Waals surface area contributed by atoms with E-state index >= 15 is 4.39 Å². The fourth-order valence-electron chi connectivity index (χ4n) is 5.57. The molecule has 206 valence electrons. The Morgan fingerprint density at radius 1 is 0.897 bits per heavy atom. The molecule has 3 aromatic rings. The summed E-state index contributed by atoms with van der Waals surface area (Å²) in [6.07, 6.45) is 1.58. The lowest BCUT2D eigenvalue weighted by molar-refractivity contribution is 0.0641. The average Bonchev–Trinajstić information content (AvgIpc) is 2.91. The topological polar surface area (TPSA) is 64.1 Å². The number of carbonyl (C=O) groups excluding carboxylic acids is 1. The summed E-state index contributed by atoms with van der Waals surface area (Å²) in [5.41, 5.74) is 2.44. The van der Waals surface area contributed by atoms with Crippen molar-refractivity contribution >= 4 is 23.3 Å². The Morgan fingerprint density at radius 2 is 1.51 bits per heavy atom. The molecule has 0 aliphatic carbocycles. The molecule has 7 heteroatoms. The first-order chi connectivity index (χ1) is 18.7. The number of carboxylic acids is 1. The monoisotopic (exact) mass is 531 g/mol. The molecule has 3 aromatic carbocycles. The van der Waals surface area contributed by atoms with Crippen molar-refractivity contribution in [1.29, 1.82) is 0 Å². The number of benzene rings is 3. The molecule has 1 aliphatic rings. The van der Waals surface area contributed by atoms with Gasteiger partial charge in [0.15, 0.2) is 5.82 Å². The first-order valence-corrected chi connectivity index (χ1v) is 13.7. The van der Waals surface area contributed by atoms with Crippen molar-refractivity contribution in [3.8, 4) is 0 Å². The Morgan fingerprint density at radius 3 is 2.08 bits per heavy atom. The largest absolute Gasteiger partial charge is 0.478 e. The fourth-order valence-corrected chi connectivity index (χ4v) is 5.57. The van der Waals surface area contributed by atoms with E-state index in [4.69, 9.17) is 0 Å². The van der Waals surface area contributed by atoms with Crippen LogP contribution in [0.1, 0.15) is 66.8 Å². The lowest BCUT2D eigenvalue weighted by Crippen LogP contribution is -2.43. The molecule has 39 heavy (non-hydrogen) atoms. The van der Waals surface area contributed by atoms with E-state index in [1.807, 2.05) is 67.8 Å². The molecule has 0 radical (unpaired) electrons. The number of carbonyl (C=O) groups is 2. The normalized spacial score (nSPS) is 14.5. The van der Waals surface area contributed by atoms with Gasteiger partial charge in [0.1, 0.15) is 0 Å². The first kappa shape index (κ1) is 28.3. The highest BCUT2D eigenvalue weighted by atomic mass is 19.1. The zero-order valence-corrected chi connectivity index (χ0v) is 23.2. The van der Waals surface area contributed by atoms with Crippen LogP contribution in [0.3, 0.4) is 0 Å². The van der Waals surface area contributed by atoms with E-state index in [0.29, 0.717) is 5.56 Å². The Kier molecular flexibility index (Phi) is 9.02. The molecular formula is C32H38FN3O3. The molecule has 6 nitrogen and oxygen atoms in total. The molecule has 1 amide bonds. The number of halogens is 1. The third-order valence-electron chi connectivity index (χ3n) is 7.38. The van der Waals surface area contributed by atoms with Crippen LogP contribution in [-0.4, -0.2) is 58.0 Å². The van der Waals surface area contributed by atoms with Crippen LogP contribution in [0, 0.1) is 5.82 Å². The van der Waals surface area contributed by atoms with Gasteiger partial charge in [0, 0.05) is 49.0 Å². The first-order valence-electron chi connectivity index (χ1n) is 13.7. The number of hydrogen-bond acceptors (Lipinski definition) is 4. The van der Waals surface area contributed by atoms with Crippen molar-refractivity contribution in [2.75, 3.05) is 18.0 Å². The Labute approximate surface area is 230 Å². The maximum absolute atomic E-state index is 15.6. The number of rotatable bonds is 9. The molecule has 1 saturated heterocycles. The standard InChI is InChI=1S/C32H38FN3O3/c1-22(2)35(23(3)4)31(37)25-13-15-26(16-14-25)36(29-12-8-11-28(30(29)33)32(38)39)27-17-19-34(20-18-27)21-24-9-6-5-7-10-24/h5-16,22-23,27H,17-21H2,1-4H3,(H,38,39). The number of anilines is 2. The van der Waals surface area contributed by atoms with E-state index in [-0.39, 0.29) is 35.3 Å². The smallest absolute Gasteiger partial charge is 0.338 e. The van der Waals surface area contributed by atoms with Crippen molar-refractivity contribution < 1.29 is 19.1 Å². The zero-order chi connectivity index (χ0) is 28.1. The van der Waals surface area contributed by atoms with Crippen LogP contribution in [0.15, 0.2) is 72.8 Å². The highest BCUT2D eigenvalue weighted by Gasteiger charge is 2.30. The minimum Gasteiger partial charge on any atom is -0.478 e. The van der Waals surface area contributed by atoms with Gasteiger partial charge in [-0.25, -0.2) is 9.18 Å². The maximum Gasteiger partial charge on any atom is 0.338 e. The summed E-state index contributed by atoms with van der Waals surface area (Å²) in [5, 5.41) is 9.56. The van der Waals surface area contributed by atoms with Gasteiger partial charge < -0.3 is 14.9 Å². The minimum atomic E-state index is -1.30. The van der Waals surface area contributed by atoms with Gasteiger partial charge in [-0.2, -0.15) is 0 Å². The number of carboxylic acid groups (broad SMARTS) is 1. The maximum atomic E-state index is 15.6. The van der Waals surface area contributed by atoms with Crippen LogP contribution in [0.2, 0.25) is 0 Å². The van der Waals surface area contributed by atoms with Gasteiger partial charge in [0.05, 0.1) is 11.3 Å². The summed E-state index contributed by atoms with van der Waals surface area (Å²) in [6.45, 7) is 10.5. The summed E-state index contributed by atoms with van der Waals surface area (Å²) in [7, 11) is 0. The molecule has 0 spiro atoms. The van der Waals surface area contributed by atoms with Gasteiger partial charge in [-0.1, -0.05) is 36.4 Å². The molecule has 1 N–H and O–H groups in total. The quantitative estimate of drug-likeness (QED) is 0.338. The van der Waals surface area contributed by atoms with Crippen LogP contribution < -0.4 is 4.90 Å². The van der Waals surface area contributed by atoms with Crippen molar-refractivity contribution in [3.63, 3.8) is 0 Å². The van der Waals surface area contributed by atoms with Gasteiger partial charge in [0.25, 0.3) is 5.91 Å². The molecule has 0 unspecified atom stereocenters. The van der Waals surface area contributed by atoms with Crippen LogP contribution in [0.5, 0.6) is 0 Å². The van der Waals surface area contributed by atoms with Crippen molar-refractivity contribution in [3.05, 3.63) is 95.3 Å². The highest BCUT2D eigenvalue weighted by molar-refractivity contribution is 5.95. The van der Waals surface area contributed by atoms with Crippen molar-refractivity contribution in [2.24, 2.45) is 0 Å². The molecule has 1 aliphatic heterocycles. The third kappa shape index (κ3) is 6.48. The molecule has 0 saturated carbocycles. The summed E-state index contributed by atoms with van der Waals surface area (Å²) in [5.74, 6) is -2.09. The van der Waals surface area contributed by atoms with E-state index in [9.17, 15) is 14.7 Å². The predicted molar refractivity (Wildman–Crippen MR) is 153 cm³/mol. The van der Waals surface area contributed by atoms with Crippen LogP contribution in [-0.2, 0) is 6.54 Å². The van der Waals surface area contributed by atoms with Gasteiger partial charge >= 0.3 is 5.97 Å². The number of amides is 1. The van der Waals surface area contributed by atoms with Gasteiger partial charge in [0.2, 0.25) is 0 Å². The highest BCUT2D eigenvalue weighted by Crippen LogP contribution is 2.35. The van der Waals surface area contributed by atoms with E-state index in [2.05, 4.69) is 17.0 Å². The number of likely N-dealkylation sites (tertiary alicyclic amines) is 1. The Balaban J connectivity index is 1.63. The molecule has 0 atom stereocenters. The van der Waals surface area contributed by atoms with Gasteiger partial charge in [-0.15, -0.1) is 0 Å². The lowest BCUT2D eigenvalue weighted by Gasteiger charge is -2.40. The van der Waals surface area contributed by atoms with E-state index in [0.717, 1.165) is 38.2 Å². The van der Waals surface area contributed by atoms with Crippen molar-refractivity contribution in [2.45, 2.75) is 65.2 Å². The molecular weight excluding hydrogens is 493 g/mol. The van der Waals surface area contributed by atoms with Crippen molar-refractivity contribution in [1.82, 2.24) is 9.80 Å². The second-order valence-corrected chi connectivity index (χ2v) is 10.8. The van der Waals surface area contributed by atoms with Crippen LogP contribution >= 0.6 is 0 Å². The lowest BCUT2D eigenvalue weighted by atomic mass is 9.99. The summed E-state index contributed by atoms with van der Waals surface area (Å²) in [4.78, 5) is 31.1. The average molecular weight is 532 g/mol. The molecule has 4 rings (SSSR count). The number of hydrogen-bond donors (Lipinski definition) is 1. The van der Waals surface area contributed by atoms with Crippen LogP contribution in [0.25, 0.3) is 0 Å². The van der Waals surface area contributed by atoms with Crippen LogP contribution in [0.4, 0.5) is 15.8 Å². The summed E-state index contributed by atoms with van der Waals surface area (Å²) in [6, 6.07) is 22.2. The number of aromatic carboxylic acids is 1.